The summed E-state index contributed by atoms with van der Waals surface area (Å²) in [5.41, 5.74) is 0. The monoisotopic (exact) mass is 171 g/mol. The third-order valence-electron chi connectivity index (χ3n) is 2.03. The van der Waals surface area contributed by atoms with Crippen LogP contribution < -0.4 is 0 Å². The van der Waals surface area contributed by atoms with Crippen molar-refractivity contribution in [2.45, 2.75) is 45.1 Å². The van der Waals surface area contributed by atoms with Gasteiger partial charge in [-0.3, -0.25) is 0 Å². The Morgan fingerprint density at radius 3 is 2.58 bits per heavy atom. The van der Waals surface area contributed by atoms with Gasteiger partial charge in [0, 0.05) is 0 Å². The summed E-state index contributed by atoms with van der Waals surface area (Å²) in [6.07, 6.45) is 5.07. The Morgan fingerprint density at radius 2 is 2.00 bits per heavy atom. The summed E-state index contributed by atoms with van der Waals surface area (Å²) in [4.78, 5) is 10.8. The maximum absolute atomic E-state index is 10.8. The summed E-state index contributed by atoms with van der Waals surface area (Å²) >= 11 is 0. The fraction of sp³-hybridized carbons (Fsp3) is 0.778. The summed E-state index contributed by atoms with van der Waals surface area (Å²) in [5, 5.41) is 0. The Balaban J connectivity index is 2.15. The van der Waals surface area contributed by atoms with E-state index in [9.17, 15) is 4.79 Å². The first kappa shape index (κ1) is 9.36. The lowest BCUT2D eigenvalue weighted by molar-refractivity contribution is 0.0247. The normalized spacial score (nSPS) is 18.8. The van der Waals surface area contributed by atoms with Crippen LogP contribution in [0.3, 0.4) is 0 Å². The van der Waals surface area contributed by atoms with E-state index in [2.05, 4.69) is 4.74 Å². The van der Waals surface area contributed by atoms with Crippen LogP contribution in [0.5, 0.6) is 0 Å². The minimum absolute atomic E-state index is 0.0891. The zero-order chi connectivity index (χ0) is 8.81. The van der Waals surface area contributed by atoms with Gasteiger partial charge in [-0.15, -0.1) is 0 Å². The molecule has 3 nitrogen and oxygen atoms in total. The van der Waals surface area contributed by atoms with Crippen LogP contribution in [-0.2, 0) is 9.47 Å². The van der Waals surface area contributed by atoms with Gasteiger partial charge in [0.2, 0.25) is 0 Å². The largest absolute Gasteiger partial charge is 0.508 e. The molecule has 0 amide bonds. The van der Waals surface area contributed by atoms with Crippen molar-refractivity contribution in [3.05, 3.63) is 6.61 Å². The van der Waals surface area contributed by atoms with Crippen LogP contribution in [0.2, 0.25) is 0 Å². The molecule has 12 heavy (non-hydrogen) atoms. The molecule has 1 rings (SSSR count). The molecule has 3 heteroatoms. The van der Waals surface area contributed by atoms with Gasteiger partial charge in [0.25, 0.3) is 0 Å². The van der Waals surface area contributed by atoms with Gasteiger partial charge < -0.3 is 9.47 Å². The van der Waals surface area contributed by atoms with Crippen molar-refractivity contribution in [1.29, 1.82) is 0 Å². The maximum Gasteiger partial charge on any atom is 0.508 e. The van der Waals surface area contributed by atoms with Crippen LogP contribution >= 0.6 is 0 Å². The van der Waals surface area contributed by atoms with Crippen molar-refractivity contribution in [2.75, 3.05) is 0 Å². The number of hydrogen-bond acceptors (Lipinski definition) is 3. The predicted molar refractivity (Wildman–Crippen MR) is 44.4 cm³/mol. The van der Waals surface area contributed by atoms with Crippen LogP contribution in [0.1, 0.15) is 39.0 Å². The molecule has 1 radical (unpaired) electrons. The maximum atomic E-state index is 10.8. The highest BCUT2D eigenvalue weighted by Crippen LogP contribution is 2.20. The molecule has 1 saturated carbocycles. The molecule has 0 aromatic heterocycles. The van der Waals surface area contributed by atoms with Gasteiger partial charge in [0.15, 0.2) is 0 Å². The summed E-state index contributed by atoms with van der Waals surface area (Å²) in [7, 11) is 0. The van der Waals surface area contributed by atoms with Crippen molar-refractivity contribution in [3.8, 4) is 0 Å². The molecule has 0 saturated heterocycles. The zero-order valence-corrected chi connectivity index (χ0v) is 7.41. The van der Waals surface area contributed by atoms with Gasteiger partial charge >= 0.3 is 6.16 Å². The van der Waals surface area contributed by atoms with Crippen molar-refractivity contribution < 1.29 is 14.3 Å². The van der Waals surface area contributed by atoms with E-state index in [0.717, 1.165) is 25.7 Å². The minimum Gasteiger partial charge on any atom is -0.431 e. The summed E-state index contributed by atoms with van der Waals surface area (Å²) in [6.45, 7) is 2.99. The van der Waals surface area contributed by atoms with E-state index in [-0.39, 0.29) is 6.10 Å². The van der Waals surface area contributed by atoms with Crippen LogP contribution in [0.25, 0.3) is 0 Å². The molecule has 0 heterocycles. The van der Waals surface area contributed by atoms with Crippen LogP contribution in [0, 0.1) is 6.61 Å². The lowest BCUT2D eigenvalue weighted by Crippen LogP contribution is -2.20. The molecule has 0 bridgehead atoms. The van der Waals surface area contributed by atoms with Crippen LogP contribution in [0.15, 0.2) is 0 Å². The molecule has 0 aliphatic heterocycles. The topological polar surface area (TPSA) is 35.5 Å². The molecule has 1 aliphatic carbocycles. The van der Waals surface area contributed by atoms with Gasteiger partial charge in [-0.05, 0) is 32.6 Å². The van der Waals surface area contributed by atoms with E-state index < -0.39 is 6.16 Å². The third-order valence-corrected chi connectivity index (χ3v) is 2.03. The zero-order valence-electron chi connectivity index (χ0n) is 7.41. The van der Waals surface area contributed by atoms with Crippen molar-refractivity contribution in [1.82, 2.24) is 0 Å². The molecule has 0 atom stereocenters. The van der Waals surface area contributed by atoms with Gasteiger partial charge in [0.05, 0.1) is 0 Å². The fourth-order valence-electron chi connectivity index (χ4n) is 1.44. The van der Waals surface area contributed by atoms with Gasteiger partial charge in [0.1, 0.15) is 12.7 Å². The second kappa shape index (κ2) is 5.01. The number of hydrogen-bond donors (Lipinski definition) is 0. The summed E-state index contributed by atoms with van der Waals surface area (Å²) in [6, 6.07) is 0. The molecular formula is C9H15O3. The van der Waals surface area contributed by atoms with Crippen LogP contribution in [-0.4, -0.2) is 12.3 Å². The van der Waals surface area contributed by atoms with Crippen LogP contribution in [0.4, 0.5) is 4.79 Å². The Kier molecular flexibility index (Phi) is 3.91. The summed E-state index contributed by atoms with van der Waals surface area (Å²) in [5.74, 6) is 0. The summed E-state index contributed by atoms with van der Waals surface area (Å²) < 4.78 is 9.60. The van der Waals surface area contributed by atoms with E-state index in [1.165, 1.54) is 13.0 Å². The SMILES string of the molecule is C[CH]OC(=O)OC1CCCCC1. The van der Waals surface area contributed by atoms with Gasteiger partial charge in [-0.2, -0.15) is 0 Å². The highest BCUT2D eigenvalue weighted by molar-refractivity contribution is 5.60. The van der Waals surface area contributed by atoms with E-state index >= 15 is 0 Å². The first-order valence-electron chi connectivity index (χ1n) is 4.48. The van der Waals surface area contributed by atoms with Gasteiger partial charge in [-0.1, -0.05) is 6.42 Å². The average molecular weight is 171 g/mol. The molecule has 0 unspecified atom stereocenters. The molecule has 0 aromatic carbocycles. The molecule has 1 fully saturated rings. The smallest absolute Gasteiger partial charge is 0.431 e. The molecular weight excluding hydrogens is 156 g/mol. The average Bonchev–Trinajstić information content (AvgIpc) is 2.06. The predicted octanol–water partition coefficient (Wildman–Crippen LogP) is 2.65. The van der Waals surface area contributed by atoms with Crippen molar-refractivity contribution >= 4 is 6.16 Å². The molecule has 0 N–H and O–H groups in total. The highest BCUT2D eigenvalue weighted by Gasteiger charge is 2.17. The number of rotatable bonds is 2. The van der Waals surface area contributed by atoms with E-state index in [1.807, 2.05) is 0 Å². The fourth-order valence-corrected chi connectivity index (χ4v) is 1.44. The lowest BCUT2D eigenvalue weighted by atomic mass is 9.98. The Hall–Kier alpha value is -0.730. The quantitative estimate of drug-likeness (QED) is 0.599. The molecule has 1 aliphatic rings. The molecule has 0 spiro atoms. The van der Waals surface area contributed by atoms with Crippen molar-refractivity contribution in [2.24, 2.45) is 0 Å². The second-order valence-electron chi connectivity index (χ2n) is 2.98. The second-order valence-corrected chi connectivity index (χ2v) is 2.98. The number of ether oxygens (including phenoxy) is 2. The highest BCUT2D eigenvalue weighted by atomic mass is 16.7. The Labute approximate surface area is 73.0 Å². The third kappa shape index (κ3) is 3.11. The number of carbonyl (C=O) groups is 1. The lowest BCUT2D eigenvalue weighted by Gasteiger charge is -2.20. The van der Waals surface area contributed by atoms with Gasteiger partial charge in [-0.25, -0.2) is 4.79 Å². The Morgan fingerprint density at radius 1 is 1.33 bits per heavy atom. The minimum atomic E-state index is -0.565. The standard InChI is InChI=1S/C9H15O3/c1-2-11-9(10)12-8-6-4-3-5-7-8/h2,8H,3-7H2,1H3. The van der Waals surface area contributed by atoms with E-state index in [1.54, 1.807) is 6.92 Å². The van der Waals surface area contributed by atoms with E-state index in [4.69, 9.17) is 4.74 Å². The van der Waals surface area contributed by atoms with E-state index in [0.29, 0.717) is 0 Å². The molecule has 69 valence electrons. The van der Waals surface area contributed by atoms with Crippen molar-refractivity contribution in [3.63, 3.8) is 0 Å². The number of carbonyl (C=O) groups excluding carboxylic acids is 1. The first-order chi connectivity index (χ1) is 5.83. The molecule has 0 aromatic rings. The first-order valence-corrected chi connectivity index (χ1v) is 4.48. The Bertz CT molecular complexity index is 139.